The zero-order valence-corrected chi connectivity index (χ0v) is 7.94. The molecular formula is C9H5F5N2. The van der Waals surface area contributed by atoms with E-state index >= 15 is 0 Å². The van der Waals surface area contributed by atoms with E-state index in [-0.39, 0.29) is 5.56 Å². The number of aryl methyl sites for hydroxylation is 1. The number of rotatable bonds is 1. The van der Waals surface area contributed by atoms with Crippen LogP contribution in [0.3, 0.4) is 0 Å². The molecule has 0 aliphatic carbocycles. The molecule has 1 aromatic rings. The maximum Gasteiger partial charge on any atom is 0.433 e. The van der Waals surface area contributed by atoms with Crippen molar-refractivity contribution in [2.45, 2.75) is 19.5 Å². The molecule has 0 unspecified atom stereocenters. The van der Waals surface area contributed by atoms with E-state index in [1.807, 2.05) is 0 Å². The average molecular weight is 236 g/mol. The van der Waals surface area contributed by atoms with Crippen LogP contribution in [0.2, 0.25) is 0 Å². The first kappa shape index (κ1) is 12.4. The number of nitriles is 1. The molecule has 0 spiro atoms. The first-order valence-corrected chi connectivity index (χ1v) is 4.04. The Bertz CT molecular complexity index is 444. The van der Waals surface area contributed by atoms with Crippen LogP contribution in [0.4, 0.5) is 22.0 Å². The summed E-state index contributed by atoms with van der Waals surface area (Å²) in [6.45, 7) is 1.25. The van der Waals surface area contributed by atoms with Gasteiger partial charge < -0.3 is 0 Å². The molecule has 2 nitrogen and oxygen atoms in total. The topological polar surface area (TPSA) is 36.7 Å². The molecule has 0 aliphatic heterocycles. The molecule has 86 valence electrons. The standard InChI is InChI=1S/C9H5F5N2/c1-4-2-5(8(10)11)7(9(12,13)14)16-6(4)3-15/h2,8H,1H3. The molecule has 1 aromatic heterocycles. The summed E-state index contributed by atoms with van der Waals surface area (Å²) in [6.07, 6.45) is -8.28. The van der Waals surface area contributed by atoms with Crippen LogP contribution < -0.4 is 0 Å². The maximum atomic E-state index is 12.4. The number of aromatic nitrogens is 1. The minimum atomic E-state index is -4.99. The summed E-state index contributed by atoms with van der Waals surface area (Å²) >= 11 is 0. The lowest BCUT2D eigenvalue weighted by Gasteiger charge is -2.12. The van der Waals surface area contributed by atoms with Gasteiger partial charge in [-0.2, -0.15) is 18.4 Å². The fourth-order valence-corrected chi connectivity index (χ4v) is 1.14. The second kappa shape index (κ2) is 4.04. The smallest absolute Gasteiger partial charge is 0.232 e. The Morgan fingerprint density at radius 1 is 1.38 bits per heavy atom. The lowest BCUT2D eigenvalue weighted by molar-refractivity contribution is -0.143. The molecule has 7 heteroatoms. The predicted octanol–water partition coefficient (Wildman–Crippen LogP) is 3.22. The van der Waals surface area contributed by atoms with Gasteiger partial charge in [0.2, 0.25) is 0 Å². The van der Waals surface area contributed by atoms with Gasteiger partial charge in [-0.05, 0) is 18.6 Å². The van der Waals surface area contributed by atoms with Crippen molar-refractivity contribution in [3.8, 4) is 6.07 Å². The Hall–Kier alpha value is -1.71. The number of halogens is 5. The Labute approximate surface area is 87.3 Å². The summed E-state index contributed by atoms with van der Waals surface area (Å²) in [5.41, 5.74) is -3.42. The van der Waals surface area contributed by atoms with Gasteiger partial charge in [-0.3, -0.25) is 0 Å². The molecule has 0 atom stereocenters. The van der Waals surface area contributed by atoms with Gasteiger partial charge >= 0.3 is 6.18 Å². The monoisotopic (exact) mass is 236 g/mol. The van der Waals surface area contributed by atoms with E-state index in [9.17, 15) is 22.0 Å². The average Bonchev–Trinajstić information content (AvgIpc) is 2.15. The van der Waals surface area contributed by atoms with Crippen molar-refractivity contribution < 1.29 is 22.0 Å². The normalized spacial score (nSPS) is 11.6. The first-order valence-electron chi connectivity index (χ1n) is 4.04. The van der Waals surface area contributed by atoms with Gasteiger partial charge in [0.15, 0.2) is 5.69 Å². The summed E-state index contributed by atoms with van der Waals surface area (Å²) in [6, 6.07) is 2.06. The highest BCUT2D eigenvalue weighted by molar-refractivity contribution is 5.37. The molecule has 0 saturated heterocycles. The zero-order valence-electron chi connectivity index (χ0n) is 7.94. The lowest BCUT2D eigenvalue weighted by atomic mass is 10.1. The van der Waals surface area contributed by atoms with E-state index in [0.717, 1.165) is 0 Å². The number of alkyl halides is 5. The van der Waals surface area contributed by atoms with Gasteiger partial charge in [0.25, 0.3) is 6.43 Å². The predicted molar refractivity (Wildman–Crippen MR) is 43.6 cm³/mol. The van der Waals surface area contributed by atoms with E-state index in [1.54, 1.807) is 0 Å². The molecule has 0 saturated carbocycles. The molecule has 0 amide bonds. The number of hydrogen-bond acceptors (Lipinski definition) is 2. The van der Waals surface area contributed by atoms with Crippen LogP contribution in [0.25, 0.3) is 0 Å². The minimum absolute atomic E-state index is 0.00852. The van der Waals surface area contributed by atoms with Crippen LogP contribution in [0.15, 0.2) is 6.07 Å². The fraction of sp³-hybridized carbons (Fsp3) is 0.333. The van der Waals surface area contributed by atoms with Crippen LogP contribution >= 0.6 is 0 Å². The van der Waals surface area contributed by atoms with Gasteiger partial charge in [-0.1, -0.05) is 0 Å². The third kappa shape index (κ3) is 2.27. The van der Waals surface area contributed by atoms with Crippen molar-refractivity contribution in [3.05, 3.63) is 28.6 Å². The molecule has 1 rings (SSSR count). The first-order chi connectivity index (χ1) is 7.27. The van der Waals surface area contributed by atoms with Crippen molar-refractivity contribution in [3.63, 3.8) is 0 Å². The third-order valence-electron chi connectivity index (χ3n) is 1.85. The Morgan fingerprint density at radius 3 is 2.31 bits per heavy atom. The van der Waals surface area contributed by atoms with E-state index < -0.39 is 29.6 Å². The van der Waals surface area contributed by atoms with Gasteiger partial charge in [0.1, 0.15) is 11.8 Å². The maximum absolute atomic E-state index is 12.4. The zero-order chi connectivity index (χ0) is 12.5. The second-order valence-corrected chi connectivity index (χ2v) is 3.00. The summed E-state index contributed by atoms with van der Waals surface area (Å²) in [5.74, 6) is 0. The van der Waals surface area contributed by atoms with Crippen molar-refractivity contribution in [2.75, 3.05) is 0 Å². The molecule has 0 radical (unpaired) electrons. The van der Waals surface area contributed by atoms with Crippen LogP contribution in [-0.2, 0) is 6.18 Å². The van der Waals surface area contributed by atoms with Gasteiger partial charge in [-0.15, -0.1) is 0 Å². The SMILES string of the molecule is Cc1cc(C(F)F)c(C(F)(F)F)nc1C#N. The van der Waals surface area contributed by atoms with Gasteiger partial charge in [0, 0.05) is 5.56 Å². The number of hydrogen-bond donors (Lipinski definition) is 0. The lowest BCUT2D eigenvalue weighted by Crippen LogP contribution is -2.14. The minimum Gasteiger partial charge on any atom is -0.232 e. The summed E-state index contributed by atoms with van der Waals surface area (Å²) in [7, 11) is 0. The molecule has 0 bridgehead atoms. The van der Waals surface area contributed by atoms with Crippen LogP contribution in [0.1, 0.15) is 28.9 Å². The Balaban J connectivity index is 3.51. The summed E-state index contributed by atoms with van der Waals surface area (Å²) in [5, 5.41) is 8.47. The van der Waals surface area contributed by atoms with Crippen LogP contribution in [0, 0.1) is 18.3 Å². The number of pyridine rings is 1. The van der Waals surface area contributed by atoms with Crippen LogP contribution in [-0.4, -0.2) is 4.98 Å². The molecule has 0 N–H and O–H groups in total. The molecule has 0 aromatic carbocycles. The highest BCUT2D eigenvalue weighted by Crippen LogP contribution is 2.35. The molecular weight excluding hydrogens is 231 g/mol. The highest BCUT2D eigenvalue weighted by Gasteiger charge is 2.38. The fourth-order valence-electron chi connectivity index (χ4n) is 1.14. The van der Waals surface area contributed by atoms with E-state index in [4.69, 9.17) is 5.26 Å². The van der Waals surface area contributed by atoms with Crippen LogP contribution in [0.5, 0.6) is 0 Å². The van der Waals surface area contributed by atoms with Gasteiger partial charge in [-0.25, -0.2) is 13.8 Å². The second-order valence-electron chi connectivity index (χ2n) is 3.00. The molecule has 0 aliphatic rings. The van der Waals surface area contributed by atoms with E-state index in [0.29, 0.717) is 6.07 Å². The number of nitrogens with zero attached hydrogens (tertiary/aromatic N) is 2. The van der Waals surface area contributed by atoms with Crippen molar-refractivity contribution >= 4 is 0 Å². The van der Waals surface area contributed by atoms with Crippen molar-refractivity contribution in [2.24, 2.45) is 0 Å². The van der Waals surface area contributed by atoms with E-state index in [2.05, 4.69) is 4.98 Å². The molecule has 0 fully saturated rings. The quantitative estimate of drug-likeness (QED) is 0.702. The van der Waals surface area contributed by atoms with E-state index in [1.165, 1.54) is 13.0 Å². The molecule has 1 heterocycles. The summed E-state index contributed by atoms with van der Waals surface area (Å²) in [4.78, 5) is 2.92. The highest BCUT2D eigenvalue weighted by atomic mass is 19.4. The Kier molecular flexibility index (Phi) is 3.12. The van der Waals surface area contributed by atoms with Crippen molar-refractivity contribution in [1.29, 1.82) is 5.26 Å². The molecule has 16 heavy (non-hydrogen) atoms. The largest absolute Gasteiger partial charge is 0.433 e. The summed E-state index contributed by atoms with van der Waals surface area (Å²) < 4.78 is 61.8. The third-order valence-corrected chi connectivity index (χ3v) is 1.85. The van der Waals surface area contributed by atoms with Crippen molar-refractivity contribution in [1.82, 2.24) is 4.98 Å². The van der Waals surface area contributed by atoms with Gasteiger partial charge in [0.05, 0.1) is 0 Å². The Morgan fingerprint density at radius 2 is 1.94 bits per heavy atom.